The first-order valence-corrected chi connectivity index (χ1v) is 7.80. The smallest absolute Gasteiger partial charge is 0.0609 e. The number of hydrogen-bond acceptors (Lipinski definition) is 3. The van der Waals surface area contributed by atoms with Crippen LogP contribution in [0.4, 0.5) is 11.4 Å². The molecule has 20 heavy (non-hydrogen) atoms. The van der Waals surface area contributed by atoms with E-state index in [-0.39, 0.29) is 11.0 Å². The van der Waals surface area contributed by atoms with E-state index in [9.17, 15) is 0 Å². The van der Waals surface area contributed by atoms with Crippen LogP contribution in [0.1, 0.15) is 33.1 Å². The highest BCUT2D eigenvalue weighted by molar-refractivity contribution is 5.74. The van der Waals surface area contributed by atoms with Gasteiger partial charge in [0.2, 0.25) is 0 Å². The van der Waals surface area contributed by atoms with E-state index in [0.29, 0.717) is 0 Å². The summed E-state index contributed by atoms with van der Waals surface area (Å²) in [6.07, 6.45) is 3.78. The van der Waals surface area contributed by atoms with Crippen LogP contribution in [0.15, 0.2) is 24.3 Å². The Morgan fingerprint density at radius 3 is 2.40 bits per heavy atom. The van der Waals surface area contributed by atoms with Crippen molar-refractivity contribution in [1.82, 2.24) is 0 Å². The standard InChI is InChI=1S/C17H27N3/c1-16(2)9-6-10-17(16,13-18)20-12-11-19(3)14-7-4-5-8-15(14)20/h4-5,7-8H,6,9-13,18H2,1-3H3. The van der Waals surface area contributed by atoms with Gasteiger partial charge in [-0.15, -0.1) is 0 Å². The van der Waals surface area contributed by atoms with E-state index < -0.39 is 0 Å². The quantitative estimate of drug-likeness (QED) is 0.899. The van der Waals surface area contributed by atoms with Gasteiger partial charge in [0.1, 0.15) is 0 Å². The minimum absolute atomic E-state index is 0.115. The first-order chi connectivity index (χ1) is 9.52. The molecule has 1 aromatic carbocycles. The lowest BCUT2D eigenvalue weighted by Gasteiger charge is -2.53. The molecular weight excluding hydrogens is 246 g/mol. The number of likely N-dealkylation sites (N-methyl/N-ethyl adjacent to an activating group) is 1. The van der Waals surface area contributed by atoms with Crippen LogP contribution in [0, 0.1) is 5.41 Å². The molecule has 2 N–H and O–H groups in total. The monoisotopic (exact) mass is 273 g/mol. The Labute approximate surface area is 122 Å². The molecule has 1 aromatic rings. The Balaban J connectivity index is 2.09. The molecule has 1 saturated carbocycles. The molecule has 3 heteroatoms. The van der Waals surface area contributed by atoms with Gasteiger partial charge < -0.3 is 15.5 Å². The lowest BCUT2D eigenvalue weighted by Crippen LogP contribution is -2.62. The average Bonchev–Trinajstić information content (AvgIpc) is 2.75. The summed E-state index contributed by atoms with van der Waals surface area (Å²) < 4.78 is 0. The molecule has 1 fully saturated rings. The van der Waals surface area contributed by atoms with Crippen molar-refractivity contribution in [2.75, 3.05) is 36.5 Å². The number of hydrogen-bond donors (Lipinski definition) is 1. The Kier molecular flexibility index (Phi) is 3.20. The molecule has 0 aromatic heterocycles. The minimum atomic E-state index is 0.115. The summed E-state index contributed by atoms with van der Waals surface area (Å²) in [6.45, 7) is 7.70. The normalized spacial score (nSPS) is 28.6. The Morgan fingerprint density at radius 1 is 1.10 bits per heavy atom. The highest BCUT2D eigenvalue weighted by Crippen LogP contribution is 2.52. The summed E-state index contributed by atoms with van der Waals surface area (Å²) in [5.41, 5.74) is 9.41. The highest BCUT2D eigenvalue weighted by Gasteiger charge is 2.52. The van der Waals surface area contributed by atoms with E-state index in [4.69, 9.17) is 5.73 Å². The van der Waals surface area contributed by atoms with Gasteiger partial charge in [-0.1, -0.05) is 32.4 Å². The van der Waals surface area contributed by atoms with Gasteiger partial charge in [-0.3, -0.25) is 0 Å². The van der Waals surface area contributed by atoms with Gasteiger partial charge in [-0.05, 0) is 30.4 Å². The fourth-order valence-corrected chi connectivity index (χ4v) is 4.33. The van der Waals surface area contributed by atoms with Gasteiger partial charge in [0, 0.05) is 26.7 Å². The molecule has 0 bridgehead atoms. The van der Waals surface area contributed by atoms with E-state index in [1.54, 1.807) is 0 Å². The molecule has 1 unspecified atom stereocenters. The van der Waals surface area contributed by atoms with Gasteiger partial charge >= 0.3 is 0 Å². The average molecular weight is 273 g/mol. The zero-order valence-electron chi connectivity index (χ0n) is 13.0. The summed E-state index contributed by atoms with van der Waals surface area (Å²) in [7, 11) is 2.19. The van der Waals surface area contributed by atoms with Gasteiger partial charge in [0.25, 0.3) is 0 Å². The second kappa shape index (κ2) is 4.66. The first-order valence-electron chi connectivity index (χ1n) is 7.80. The number of anilines is 2. The van der Waals surface area contributed by atoms with Crippen molar-refractivity contribution < 1.29 is 0 Å². The third kappa shape index (κ3) is 1.76. The summed E-state index contributed by atoms with van der Waals surface area (Å²) >= 11 is 0. The second-order valence-corrected chi connectivity index (χ2v) is 7.04. The van der Waals surface area contributed by atoms with Crippen molar-refractivity contribution >= 4 is 11.4 Å². The van der Waals surface area contributed by atoms with Crippen LogP contribution in [0.25, 0.3) is 0 Å². The van der Waals surface area contributed by atoms with Gasteiger partial charge in [-0.25, -0.2) is 0 Å². The Hall–Kier alpha value is -1.22. The van der Waals surface area contributed by atoms with Crippen LogP contribution in [-0.2, 0) is 0 Å². The number of benzene rings is 1. The molecule has 0 saturated heterocycles. The fraction of sp³-hybridized carbons (Fsp3) is 0.647. The molecule has 0 radical (unpaired) electrons. The number of fused-ring (bicyclic) bond motifs is 1. The molecule has 0 amide bonds. The van der Waals surface area contributed by atoms with E-state index in [2.05, 4.69) is 55.0 Å². The minimum Gasteiger partial charge on any atom is -0.371 e. The summed E-state index contributed by atoms with van der Waals surface area (Å²) in [5.74, 6) is 0. The van der Waals surface area contributed by atoms with Crippen LogP contribution in [0.2, 0.25) is 0 Å². The third-order valence-electron chi connectivity index (χ3n) is 5.75. The van der Waals surface area contributed by atoms with E-state index >= 15 is 0 Å². The van der Waals surface area contributed by atoms with E-state index in [1.807, 2.05) is 0 Å². The lowest BCUT2D eigenvalue weighted by atomic mass is 9.73. The molecule has 3 nitrogen and oxygen atoms in total. The summed E-state index contributed by atoms with van der Waals surface area (Å²) in [4.78, 5) is 4.98. The van der Waals surface area contributed by atoms with Gasteiger partial charge in [-0.2, -0.15) is 0 Å². The van der Waals surface area contributed by atoms with Crippen LogP contribution >= 0.6 is 0 Å². The van der Waals surface area contributed by atoms with Crippen molar-refractivity contribution in [2.45, 2.75) is 38.6 Å². The second-order valence-electron chi connectivity index (χ2n) is 7.04. The largest absolute Gasteiger partial charge is 0.371 e. The lowest BCUT2D eigenvalue weighted by molar-refractivity contribution is 0.199. The maximum atomic E-state index is 6.31. The van der Waals surface area contributed by atoms with Crippen LogP contribution in [0.5, 0.6) is 0 Å². The topological polar surface area (TPSA) is 32.5 Å². The molecular formula is C17H27N3. The number of nitrogens with two attached hydrogens (primary N) is 1. The number of rotatable bonds is 2. The number of nitrogens with zero attached hydrogens (tertiary/aromatic N) is 2. The molecule has 110 valence electrons. The highest BCUT2D eigenvalue weighted by atomic mass is 15.3. The van der Waals surface area contributed by atoms with Crippen molar-refractivity contribution in [1.29, 1.82) is 0 Å². The fourth-order valence-electron chi connectivity index (χ4n) is 4.33. The zero-order chi connectivity index (χ0) is 14.4. The van der Waals surface area contributed by atoms with Crippen LogP contribution < -0.4 is 15.5 Å². The predicted molar refractivity (Wildman–Crippen MR) is 86.5 cm³/mol. The van der Waals surface area contributed by atoms with Crippen molar-refractivity contribution in [2.24, 2.45) is 11.1 Å². The predicted octanol–water partition coefficient (Wildman–Crippen LogP) is 2.85. The van der Waals surface area contributed by atoms with Gasteiger partial charge in [0.15, 0.2) is 0 Å². The van der Waals surface area contributed by atoms with E-state index in [0.717, 1.165) is 19.6 Å². The van der Waals surface area contributed by atoms with Crippen molar-refractivity contribution in [3.05, 3.63) is 24.3 Å². The van der Waals surface area contributed by atoms with Crippen LogP contribution in [-0.4, -0.2) is 32.2 Å². The molecule has 1 atom stereocenters. The molecule has 1 heterocycles. The SMILES string of the molecule is CN1CCN(C2(CN)CCCC2(C)C)c2ccccc21. The number of para-hydroxylation sites is 2. The summed E-state index contributed by atoms with van der Waals surface area (Å²) in [5, 5.41) is 0. The van der Waals surface area contributed by atoms with Crippen molar-refractivity contribution in [3.8, 4) is 0 Å². The maximum absolute atomic E-state index is 6.31. The molecule has 3 rings (SSSR count). The maximum Gasteiger partial charge on any atom is 0.0609 e. The van der Waals surface area contributed by atoms with E-state index in [1.165, 1.54) is 30.6 Å². The Morgan fingerprint density at radius 2 is 1.80 bits per heavy atom. The first kappa shape index (κ1) is 13.7. The van der Waals surface area contributed by atoms with Crippen LogP contribution in [0.3, 0.4) is 0 Å². The molecule has 1 aliphatic carbocycles. The molecule has 0 spiro atoms. The zero-order valence-corrected chi connectivity index (χ0v) is 13.0. The molecule has 2 aliphatic rings. The molecule has 1 aliphatic heterocycles. The van der Waals surface area contributed by atoms with Crippen molar-refractivity contribution in [3.63, 3.8) is 0 Å². The Bertz CT molecular complexity index is 497. The third-order valence-corrected chi connectivity index (χ3v) is 5.75. The summed E-state index contributed by atoms with van der Waals surface area (Å²) in [6, 6.07) is 8.77. The van der Waals surface area contributed by atoms with Gasteiger partial charge in [0.05, 0.1) is 16.9 Å².